The zero-order chi connectivity index (χ0) is 25.5. The topological polar surface area (TPSA) is 54.8 Å². The normalized spacial score (nSPS) is 16.1. The largest absolute Gasteiger partial charge is 0.497 e. The quantitative estimate of drug-likeness (QED) is 0.325. The van der Waals surface area contributed by atoms with E-state index in [2.05, 4.69) is 4.57 Å². The smallest absolute Gasteiger partial charge is 0.254 e. The Morgan fingerprint density at radius 1 is 0.946 bits per heavy atom. The predicted octanol–water partition coefficient (Wildman–Crippen LogP) is 5.88. The molecule has 1 aliphatic carbocycles. The molecular weight excluding hydrogens is 486 g/mol. The molecule has 3 aromatic carbocycles. The van der Waals surface area contributed by atoms with E-state index in [4.69, 9.17) is 16.3 Å². The van der Waals surface area contributed by atoms with Gasteiger partial charge >= 0.3 is 0 Å². The van der Waals surface area contributed by atoms with Crippen LogP contribution < -0.4 is 9.64 Å². The van der Waals surface area contributed by atoms with E-state index in [1.165, 1.54) is 0 Å². The van der Waals surface area contributed by atoms with Crippen molar-refractivity contribution >= 4 is 29.1 Å². The highest BCUT2D eigenvalue weighted by Crippen LogP contribution is 2.43. The van der Waals surface area contributed by atoms with Crippen molar-refractivity contribution in [1.29, 1.82) is 0 Å². The van der Waals surface area contributed by atoms with Gasteiger partial charge in [-0.05, 0) is 73.0 Å². The lowest BCUT2D eigenvalue weighted by Crippen LogP contribution is -2.47. The number of anilines is 1. The molecule has 1 aliphatic heterocycles. The maximum atomic E-state index is 14.2. The third-order valence-corrected chi connectivity index (χ3v) is 7.30. The zero-order valence-corrected chi connectivity index (χ0v) is 21.1. The molecule has 1 fully saturated rings. The van der Waals surface area contributed by atoms with Crippen LogP contribution in [-0.2, 0) is 4.79 Å². The van der Waals surface area contributed by atoms with Crippen LogP contribution in [0.25, 0.3) is 5.69 Å². The molecule has 186 valence electrons. The minimum atomic E-state index is -0.359. The number of nitrogens with zero attached hydrogens (tertiary/aromatic N) is 3. The summed E-state index contributed by atoms with van der Waals surface area (Å²) in [6.45, 7) is -0.0140. The number of amides is 2. The number of carbonyl (C=O) groups excluding carboxylic acids is 2. The lowest BCUT2D eigenvalue weighted by molar-refractivity contribution is -0.119. The van der Waals surface area contributed by atoms with Crippen LogP contribution in [0, 0.1) is 0 Å². The second kappa shape index (κ2) is 9.45. The lowest BCUT2D eigenvalue weighted by atomic mass is 9.97. The van der Waals surface area contributed by atoms with Crippen LogP contribution in [0.3, 0.4) is 0 Å². The van der Waals surface area contributed by atoms with Gasteiger partial charge in [0.2, 0.25) is 5.91 Å². The Morgan fingerprint density at radius 3 is 2.43 bits per heavy atom. The van der Waals surface area contributed by atoms with Crippen LogP contribution in [0.1, 0.15) is 40.5 Å². The first-order chi connectivity index (χ1) is 18.0. The molecule has 2 heterocycles. The van der Waals surface area contributed by atoms with Gasteiger partial charge < -0.3 is 14.2 Å². The van der Waals surface area contributed by atoms with E-state index in [1.807, 2.05) is 71.8 Å². The molecule has 6 nitrogen and oxygen atoms in total. The van der Waals surface area contributed by atoms with E-state index in [0.29, 0.717) is 16.3 Å². The minimum absolute atomic E-state index is 0.0140. The second-order valence-electron chi connectivity index (χ2n) is 9.41. The number of benzene rings is 3. The minimum Gasteiger partial charge on any atom is -0.497 e. The number of fused-ring (bicyclic) bond motifs is 3. The molecule has 1 saturated carbocycles. The third-order valence-electron chi connectivity index (χ3n) is 7.04. The van der Waals surface area contributed by atoms with Gasteiger partial charge in [0.05, 0.1) is 24.2 Å². The van der Waals surface area contributed by atoms with Crippen LogP contribution in [0.5, 0.6) is 5.75 Å². The fraction of sp³-hybridized carbons (Fsp3) is 0.200. The van der Waals surface area contributed by atoms with Crippen LogP contribution in [0.4, 0.5) is 5.69 Å². The Balaban J connectivity index is 1.40. The summed E-state index contributed by atoms with van der Waals surface area (Å²) in [6, 6.07) is 26.3. The summed E-state index contributed by atoms with van der Waals surface area (Å²) < 4.78 is 7.44. The van der Waals surface area contributed by atoms with E-state index >= 15 is 0 Å². The lowest BCUT2D eigenvalue weighted by Gasteiger charge is -2.39. The molecule has 37 heavy (non-hydrogen) atoms. The predicted molar refractivity (Wildman–Crippen MR) is 144 cm³/mol. The number of para-hydroxylation sites is 2. The van der Waals surface area contributed by atoms with Crippen molar-refractivity contribution in [1.82, 2.24) is 9.47 Å². The van der Waals surface area contributed by atoms with Gasteiger partial charge in [0.1, 0.15) is 18.3 Å². The first-order valence-electron chi connectivity index (χ1n) is 12.3. The second-order valence-corrected chi connectivity index (χ2v) is 9.84. The van der Waals surface area contributed by atoms with Crippen molar-refractivity contribution in [3.05, 3.63) is 113 Å². The van der Waals surface area contributed by atoms with Crippen LogP contribution in [0.2, 0.25) is 5.02 Å². The summed E-state index contributed by atoms with van der Waals surface area (Å²) in [6.07, 6.45) is 3.80. The highest BCUT2D eigenvalue weighted by molar-refractivity contribution is 6.30. The van der Waals surface area contributed by atoms with Gasteiger partial charge in [-0.2, -0.15) is 0 Å². The van der Waals surface area contributed by atoms with Crippen molar-refractivity contribution in [2.75, 3.05) is 18.6 Å². The van der Waals surface area contributed by atoms with E-state index in [0.717, 1.165) is 35.5 Å². The highest BCUT2D eigenvalue weighted by Gasteiger charge is 2.40. The molecule has 2 aliphatic rings. The Morgan fingerprint density at radius 2 is 1.70 bits per heavy atom. The summed E-state index contributed by atoms with van der Waals surface area (Å²) in [5.74, 6) is 0.316. The molecular formula is C30H26ClN3O3. The fourth-order valence-corrected chi connectivity index (χ4v) is 5.25. The molecule has 1 unspecified atom stereocenters. The molecule has 0 bridgehead atoms. The van der Waals surface area contributed by atoms with Gasteiger partial charge in [0.15, 0.2) is 0 Å². The third kappa shape index (κ3) is 4.27. The summed E-state index contributed by atoms with van der Waals surface area (Å²) in [5, 5.41) is 0.636. The molecule has 0 N–H and O–H groups in total. The van der Waals surface area contributed by atoms with Crippen molar-refractivity contribution in [3.63, 3.8) is 0 Å². The molecule has 0 saturated heterocycles. The Hall–Kier alpha value is -4.03. The summed E-state index contributed by atoms with van der Waals surface area (Å²) in [7, 11) is 1.58. The van der Waals surface area contributed by atoms with Crippen molar-refractivity contribution in [2.45, 2.75) is 24.9 Å². The van der Waals surface area contributed by atoms with Crippen LogP contribution in [0.15, 0.2) is 91.1 Å². The monoisotopic (exact) mass is 511 g/mol. The molecule has 0 radical (unpaired) electrons. The maximum Gasteiger partial charge on any atom is 0.254 e. The number of hydrogen-bond donors (Lipinski definition) is 0. The fourth-order valence-electron chi connectivity index (χ4n) is 5.12. The molecule has 7 heteroatoms. The number of hydrogen-bond acceptors (Lipinski definition) is 3. The molecule has 4 aromatic rings. The number of ether oxygens (including phenoxy) is 1. The van der Waals surface area contributed by atoms with Crippen molar-refractivity contribution in [2.24, 2.45) is 0 Å². The van der Waals surface area contributed by atoms with Crippen LogP contribution in [-0.4, -0.2) is 41.0 Å². The highest BCUT2D eigenvalue weighted by atomic mass is 35.5. The molecule has 2 amide bonds. The van der Waals surface area contributed by atoms with Gasteiger partial charge in [-0.15, -0.1) is 0 Å². The zero-order valence-electron chi connectivity index (χ0n) is 20.4. The molecule has 0 spiro atoms. The van der Waals surface area contributed by atoms with E-state index < -0.39 is 0 Å². The number of aromatic nitrogens is 1. The van der Waals surface area contributed by atoms with Gasteiger partial charge in [-0.1, -0.05) is 41.9 Å². The molecule has 1 aromatic heterocycles. The number of rotatable bonds is 6. The Kier molecular flexibility index (Phi) is 5.97. The SMILES string of the molecule is COc1cccc(C(=O)N(CC(=O)N2c3ccccc3-n3cccc3C2c2ccc(Cl)cc2)C2CC2)c1. The average molecular weight is 512 g/mol. The number of halogens is 1. The standard InChI is InChI=1S/C30H26ClN3O3/c1-37-24-7-4-6-21(18-24)30(36)33(23-15-16-23)19-28(35)34-26-9-3-2-8-25(26)32-17-5-10-27(32)29(34)20-11-13-22(31)14-12-20/h2-14,17-18,23,29H,15-16,19H2,1H3. The Bertz CT molecular complexity index is 1480. The van der Waals surface area contributed by atoms with Gasteiger partial charge in [-0.25, -0.2) is 0 Å². The van der Waals surface area contributed by atoms with E-state index in [-0.39, 0.29) is 30.4 Å². The van der Waals surface area contributed by atoms with Crippen molar-refractivity contribution < 1.29 is 14.3 Å². The average Bonchev–Trinajstić information content (AvgIpc) is 3.66. The van der Waals surface area contributed by atoms with E-state index in [1.54, 1.807) is 36.3 Å². The molecule has 1 atom stereocenters. The van der Waals surface area contributed by atoms with Gasteiger partial charge in [-0.3, -0.25) is 14.5 Å². The van der Waals surface area contributed by atoms with E-state index in [9.17, 15) is 9.59 Å². The van der Waals surface area contributed by atoms with Gasteiger partial charge in [0.25, 0.3) is 5.91 Å². The molecule has 6 rings (SSSR count). The van der Waals surface area contributed by atoms with Crippen LogP contribution >= 0.6 is 11.6 Å². The summed E-state index contributed by atoms with van der Waals surface area (Å²) in [4.78, 5) is 31.4. The number of carbonyl (C=O) groups is 2. The van der Waals surface area contributed by atoms with Gasteiger partial charge in [0, 0.05) is 22.8 Å². The summed E-state index contributed by atoms with van der Waals surface area (Å²) >= 11 is 6.20. The van der Waals surface area contributed by atoms with Crippen molar-refractivity contribution in [3.8, 4) is 11.4 Å². The number of methoxy groups -OCH3 is 1. The maximum absolute atomic E-state index is 14.2. The summed E-state index contributed by atoms with van der Waals surface area (Å²) in [5.41, 5.74) is 4.18. The first-order valence-corrected chi connectivity index (χ1v) is 12.7. The first kappa shape index (κ1) is 23.4. The Labute approximate surface area is 220 Å².